The minimum atomic E-state index is 0.0396. The highest BCUT2D eigenvalue weighted by Crippen LogP contribution is 2.34. The Morgan fingerprint density at radius 2 is 1.85 bits per heavy atom. The number of benzene rings is 2. The molecule has 1 amide bonds. The lowest BCUT2D eigenvalue weighted by Crippen LogP contribution is -2.39. The molecule has 1 aliphatic rings. The summed E-state index contributed by atoms with van der Waals surface area (Å²) in [5.41, 5.74) is 3.51. The third-order valence-electron chi connectivity index (χ3n) is 6.23. The number of para-hydroxylation sites is 1. The molecule has 1 atom stereocenters. The predicted octanol–water partition coefficient (Wildman–Crippen LogP) is 4.84. The van der Waals surface area contributed by atoms with Crippen molar-refractivity contribution in [1.29, 1.82) is 0 Å². The van der Waals surface area contributed by atoms with Crippen LogP contribution in [0.1, 0.15) is 45.9 Å². The van der Waals surface area contributed by atoms with E-state index in [0.717, 1.165) is 42.0 Å². The molecule has 0 N–H and O–H groups in total. The minimum Gasteiger partial charge on any atom is -0.437 e. The Hall–Kier alpha value is -4.00. The third-order valence-corrected chi connectivity index (χ3v) is 6.23. The standard InChI is InChI=1S/C27H27N5O2/c1-20-8-2-5-12-24(20)34-26-25(28-14-15-29-26)22-10-6-16-31(18-22)27(33)23-11-4-3-9-21(23)19-32-17-7-13-30-32/h2-5,7-9,11-15,17,22H,6,10,16,18-19H2,1H3. The van der Waals surface area contributed by atoms with Crippen molar-refractivity contribution >= 4 is 5.91 Å². The molecule has 34 heavy (non-hydrogen) atoms. The van der Waals surface area contributed by atoms with Gasteiger partial charge in [0.25, 0.3) is 5.91 Å². The van der Waals surface area contributed by atoms with E-state index in [2.05, 4.69) is 15.1 Å². The number of likely N-dealkylation sites (tertiary alicyclic amines) is 1. The summed E-state index contributed by atoms with van der Waals surface area (Å²) in [5.74, 6) is 1.37. The van der Waals surface area contributed by atoms with E-state index in [1.165, 1.54) is 0 Å². The second-order valence-corrected chi connectivity index (χ2v) is 8.57. The molecule has 1 unspecified atom stereocenters. The Labute approximate surface area is 199 Å². The topological polar surface area (TPSA) is 73.1 Å². The quantitative estimate of drug-likeness (QED) is 0.418. The van der Waals surface area contributed by atoms with Crippen LogP contribution in [0.4, 0.5) is 0 Å². The van der Waals surface area contributed by atoms with Crippen LogP contribution in [0.15, 0.2) is 79.4 Å². The lowest BCUT2D eigenvalue weighted by Gasteiger charge is -2.33. The van der Waals surface area contributed by atoms with Crippen molar-refractivity contribution in [3.63, 3.8) is 0 Å². The molecule has 1 saturated heterocycles. The van der Waals surface area contributed by atoms with E-state index in [0.29, 0.717) is 24.5 Å². The van der Waals surface area contributed by atoms with Gasteiger partial charge >= 0.3 is 0 Å². The van der Waals surface area contributed by atoms with E-state index in [1.807, 2.05) is 77.3 Å². The van der Waals surface area contributed by atoms with Gasteiger partial charge in [0.15, 0.2) is 0 Å². The van der Waals surface area contributed by atoms with Crippen molar-refractivity contribution in [2.24, 2.45) is 0 Å². The molecule has 0 saturated carbocycles. The molecule has 5 rings (SSSR count). The summed E-state index contributed by atoms with van der Waals surface area (Å²) >= 11 is 0. The first-order chi connectivity index (χ1) is 16.7. The van der Waals surface area contributed by atoms with Gasteiger partial charge in [-0.05, 0) is 49.1 Å². The number of carbonyl (C=O) groups excluding carboxylic acids is 1. The molecule has 1 aliphatic heterocycles. The normalized spacial score (nSPS) is 15.8. The summed E-state index contributed by atoms with van der Waals surface area (Å²) in [6, 6.07) is 17.5. The lowest BCUT2D eigenvalue weighted by atomic mass is 9.93. The number of rotatable bonds is 6. The monoisotopic (exact) mass is 453 g/mol. The third kappa shape index (κ3) is 4.69. The number of hydrogen-bond donors (Lipinski definition) is 0. The summed E-state index contributed by atoms with van der Waals surface area (Å²) in [6.07, 6.45) is 8.83. The van der Waals surface area contributed by atoms with Crippen molar-refractivity contribution in [2.75, 3.05) is 13.1 Å². The van der Waals surface area contributed by atoms with Gasteiger partial charge in [-0.25, -0.2) is 4.98 Å². The van der Waals surface area contributed by atoms with E-state index in [9.17, 15) is 4.79 Å². The van der Waals surface area contributed by atoms with E-state index in [1.54, 1.807) is 18.6 Å². The van der Waals surface area contributed by atoms with Gasteiger partial charge < -0.3 is 9.64 Å². The van der Waals surface area contributed by atoms with E-state index < -0.39 is 0 Å². The first kappa shape index (κ1) is 21.8. The Kier molecular flexibility index (Phi) is 6.33. The summed E-state index contributed by atoms with van der Waals surface area (Å²) in [7, 11) is 0. The number of aryl methyl sites for hydroxylation is 1. The fraction of sp³-hybridized carbons (Fsp3) is 0.259. The number of ether oxygens (including phenoxy) is 1. The van der Waals surface area contributed by atoms with Crippen molar-refractivity contribution in [3.05, 3.63) is 102 Å². The molecule has 7 nitrogen and oxygen atoms in total. The van der Waals surface area contributed by atoms with Crippen LogP contribution in [-0.4, -0.2) is 43.6 Å². The van der Waals surface area contributed by atoms with Gasteiger partial charge in [-0.3, -0.25) is 14.5 Å². The first-order valence-corrected chi connectivity index (χ1v) is 11.6. The summed E-state index contributed by atoms with van der Waals surface area (Å²) in [5, 5.41) is 4.29. The molecule has 3 heterocycles. The van der Waals surface area contributed by atoms with Crippen LogP contribution in [-0.2, 0) is 6.54 Å². The van der Waals surface area contributed by atoms with Crippen LogP contribution in [0.5, 0.6) is 11.6 Å². The maximum absolute atomic E-state index is 13.6. The number of aromatic nitrogens is 4. The lowest BCUT2D eigenvalue weighted by molar-refractivity contribution is 0.0703. The summed E-state index contributed by atoms with van der Waals surface area (Å²) in [6.45, 7) is 3.87. The van der Waals surface area contributed by atoms with Gasteiger partial charge in [-0.15, -0.1) is 0 Å². The van der Waals surface area contributed by atoms with Crippen LogP contribution in [0.3, 0.4) is 0 Å². The van der Waals surface area contributed by atoms with Crippen LogP contribution in [0.2, 0.25) is 0 Å². The van der Waals surface area contributed by atoms with Gasteiger partial charge in [-0.1, -0.05) is 36.4 Å². The van der Waals surface area contributed by atoms with Crippen molar-refractivity contribution in [3.8, 4) is 11.6 Å². The second-order valence-electron chi connectivity index (χ2n) is 8.57. The van der Waals surface area contributed by atoms with E-state index in [4.69, 9.17) is 4.74 Å². The van der Waals surface area contributed by atoms with E-state index >= 15 is 0 Å². The smallest absolute Gasteiger partial charge is 0.254 e. The molecule has 0 spiro atoms. The van der Waals surface area contributed by atoms with Gasteiger partial charge in [0, 0.05) is 49.4 Å². The fourth-order valence-electron chi connectivity index (χ4n) is 4.46. The predicted molar refractivity (Wildman–Crippen MR) is 129 cm³/mol. The molecule has 1 fully saturated rings. The zero-order valence-corrected chi connectivity index (χ0v) is 19.2. The second kappa shape index (κ2) is 9.87. The average molecular weight is 454 g/mol. The molecule has 2 aromatic carbocycles. The molecule has 2 aromatic heterocycles. The molecular formula is C27H27N5O2. The average Bonchev–Trinajstić information content (AvgIpc) is 3.39. The zero-order chi connectivity index (χ0) is 23.3. The number of nitrogens with zero attached hydrogens (tertiary/aromatic N) is 5. The van der Waals surface area contributed by atoms with Crippen LogP contribution < -0.4 is 4.74 Å². The van der Waals surface area contributed by atoms with E-state index in [-0.39, 0.29) is 11.8 Å². The molecule has 172 valence electrons. The van der Waals surface area contributed by atoms with Gasteiger partial charge in [0.1, 0.15) is 11.4 Å². The summed E-state index contributed by atoms with van der Waals surface area (Å²) < 4.78 is 8.00. The highest BCUT2D eigenvalue weighted by Gasteiger charge is 2.29. The van der Waals surface area contributed by atoms with Crippen molar-refractivity contribution < 1.29 is 9.53 Å². The number of piperidine rings is 1. The SMILES string of the molecule is Cc1ccccc1Oc1nccnc1C1CCCN(C(=O)c2ccccc2Cn2cccn2)C1. The molecule has 7 heteroatoms. The highest BCUT2D eigenvalue weighted by atomic mass is 16.5. The Morgan fingerprint density at radius 1 is 1.03 bits per heavy atom. The molecular weight excluding hydrogens is 426 g/mol. The van der Waals surface area contributed by atoms with Crippen molar-refractivity contribution in [1.82, 2.24) is 24.6 Å². The largest absolute Gasteiger partial charge is 0.437 e. The number of amides is 1. The Morgan fingerprint density at radius 3 is 2.71 bits per heavy atom. The van der Waals surface area contributed by atoms with Crippen LogP contribution >= 0.6 is 0 Å². The Bertz CT molecular complexity index is 1270. The molecule has 4 aromatic rings. The molecule has 0 aliphatic carbocycles. The van der Waals surface area contributed by atoms with Gasteiger partial charge in [0.2, 0.25) is 5.88 Å². The Balaban J connectivity index is 1.37. The van der Waals surface area contributed by atoms with Gasteiger partial charge in [-0.2, -0.15) is 5.10 Å². The number of carbonyl (C=O) groups is 1. The first-order valence-electron chi connectivity index (χ1n) is 11.6. The fourth-order valence-corrected chi connectivity index (χ4v) is 4.46. The molecule has 0 bridgehead atoms. The summed E-state index contributed by atoms with van der Waals surface area (Å²) in [4.78, 5) is 24.6. The van der Waals surface area contributed by atoms with Gasteiger partial charge in [0.05, 0.1) is 6.54 Å². The molecule has 0 radical (unpaired) electrons. The highest BCUT2D eigenvalue weighted by molar-refractivity contribution is 5.95. The van der Waals surface area contributed by atoms with Crippen molar-refractivity contribution in [2.45, 2.75) is 32.2 Å². The number of hydrogen-bond acceptors (Lipinski definition) is 5. The maximum atomic E-state index is 13.6. The maximum Gasteiger partial charge on any atom is 0.254 e. The van der Waals surface area contributed by atoms with Crippen LogP contribution in [0, 0.1) is 6.92 Å². The minimum absolute atomic E-state index is 0.0396. The zero-order valence-electron chi connectivity index (χ0n) is 19.2. The van der Waals surface area contributed by atoms with Crippen LogP contribution in [0.25, 0.3) is 0 Å².